The molecule has 4 heteroatoms. The third-order valence-corrected chi connectivity index (χ3v) is 7.26. The molecule has 3 aliphatic rings. The summed E-state index contributed by atoms with van der Waals surface area (Å²) in [5, 5.41) is 0. The number of hydrogen-bond acceptors (Lipinski definition) is 4. The first-order valence-corrected chi connectivity index (χ1v) is 9.17. The van der Waals surface area contributed by atoms with Gasteiger partial charge < -0.3 is 9.47 Å². The van der Waals surface area contributed by atoms with Crippen molar-refractivity contribution in [2.45, 2.75) is 66.2 Å². The molecule has 3 saturated carbocycles. The summed E-state index contributed by atoms with van der Waals surface area (Å²) in [6.07, 6.45) is 6.14. The zero-order valence-corrected chi connectivity index (χ0v) is 14.9. The Bertz CT molecular complexity index is 495. The summed E-state index contributed by atoms with van der Waals surface area (Å²) in [7, 11) is 0. The maximum Gasteiger partial charge on any atom is 0.323 e. The molecule has 0 amide bonds. The summed E-state index contributed by atoms with van der Waals surface area (Å²) >= 11 is 0. The lowest BCUT2D eigenvalue weighted by Crippen LogP contribution is -2.42. The molecule has 0 radical (unpaired) electrons. The summed E-state index contributed by atoms with van der Waals surface area (Å²) in [6.45, 7) is 8.79. The van der Waals surface area contributed by atoms with Crippen LogP contribution in [-0.2, 0) is 19.1 Å². The summed E-state index contributed by atoms with van der Waals surface area (Å²) in [5.41, 5.74) is -1.03. The molecule has 4 nitrogen and oxygen atoms in total. The van der Waals surface area contributed by atoms with Crippen LogP contribution in [0.5, 0.6) is 0 Å². The van der Waals surface area contributed by atoms with E-state index in [1.807, 2.05) is 0 Å². The Hall–Kier alpha value is -1.06. The van der Waals surface area contributed by atoms with Crippen LogP contribution in [0.15, 0.2) is 0 Å². The van der Waals surface area contributed by atoms with Gasteiger partial charge >= 0.3 is 11.9 Å². The zero-order chi connectivity index (χ0) is 16.9. The molecule has 0 aromatic carbocycles. The topological polar surface area (TPSA) is 52.6 Å². The third kappa shape index (κ3) is 2.16. The maximum absolute atomic E-state index is 12.8. The Morgan fingerprint density at radius 2 is 1.61 bits per heavy atom. The molecule has 0 aromatic heterocycles. The standard InChI is InChI=1S/C19H30O4/c1-5-22-15(20)19(16(21)23-6-2)11-17(3)10-13-8-7-9-14(13)18(17,4)12-19/h13-14H,5-12H2,1-4H3/t13-,14-,17+,18+/m0/s1. The number of carbonyl (C=O) groups is 2. The van der Waals surface area contributed by atoms with Crippen LogP contribution in [0.4, 0.5) is 0 Å². The first-order valence-electron chi connectivity index (χ1n) is 9.17. The molecule has 0 N–H and O–H groups in total. The average molecular weight is 322 g/mol. The smallest absolute Gasteiger partial charge is 0.323 e. The van der Waals surface area contributed by atoms with Crippen molar-refractivity contribution >= 4 is 11.9 Å². The monoisotopic (exact) mass is 322 g/mol. The van der Waals surface area contributed by atoms with E-state index in [2.05, 4.69) is 13.8 Å². The fourth-order valence-corrected chi connectivity index (χ4v) is 6.26. The lowest BCUT2D eigenvalue weighted by atomic mass is 9.66. The van der Waals surface area contributed by atoms with Crippen LogP contribution in [0, 0.1) is 28.1 Å². The number of rotatable bonds is 4. The van der Waals surface area contributed by atoms with Crippen molar-refractivity contribution < 1.29 is 19.1 Å². The molecule has 0 unspecified atom stereocenters. The van der Waals surface area contributed by atoms with E-state index in [0.717, 1.165) is 12.3 Å². The molecule has 4 atom stereocenters. The molecule has 0 aromatic rings. The fourth-order valence-electron chi connectivity index (χ4n) is 6.26. The molecule has 130 valence electrons. The first-order chi connectivity index (χ1) is 10.8. The molecular formula is C19H30O4. The SMILES string of the molecule is CCOC(=O)C1(C(=O)OCC)C[C@@]2(C)C[C@@H]3CCC[C@@H]3[C@@]2(C)C1. The van der Waals surface area contributed by atoms with Crippen molar-refractivity contribution in [2.75, 3.05) is 13.2 Å². The lowest BCUT2D eigenvalue weighted by Gasteiger charge is -2.38. The number of carbonyl (C=O) groups excluding carboxylic acids is 2. The summed E-state index contributed by atoms with van der Waals surface area (Å²) in [5.74, 6) is 0.667. The molecule has 3 aliphatic carbocycles. The van der Waals surface area contributed by atoms with Crippen LogP contribution in [0.25, 0.3) is 0 Å². The van der Waals surface area contributed by atoms with E-state index in [1.54, 1.807) is 13.8 Å². The minimum Gasteiger partial charge on any atom is -0.465 e. The molecule has 0 saturated heterocycles. The molecular weight excluding hydrogens is 292 g/mol. The predicted octanol–water partition coefficient (Wildman–Crippen LogP) is 3.73. The number of esters is 2. The summed E-state index contributed by atoms with van der Waals surface area (Å²) < 4.78 is 10.6. The van der Waals surface area contributed by atoms with Crippen molar-refractivity contribution in [3.8, 4) is 0 Å². The van der Waals surface area contributed by atoms with E-state index in [-0.39, 0.29) is 22.8 Å². The highest BCUT2D eigenvalue weighted by atomic mass is 16.6. The average Bonchev–Trinajstić information content (AvgIpc) is 3.07. The number of fused-ring (bicyclic) bond motifs is 3. The van der Waals surface area contributed by atoms with Gasteiger partial charge in [-0.05, 0) is 62.2 Å². The molecule has 0 spiro atoms. The van der Waals surface area contributed by atoms with Crippen LogP contribution in [0.3, 0.4) is 0 Å². The maximum atomic E-state index is 12.8. The second kappa shape index (κ2) is 5.49. The summed E-state index contributed by atoms with van der Waals surface area (Å²) in [4.78, 5) is 25.5. The minimum atomic E-state index is -1.09. The van der Waals surface area contributed by atoms with Gasteiger partial charge in [0, 0.05) is 0 Å². The van der Waals surface area contributed by atoms with Gasteiger partial charge in [-0.3, -0.25) is 9.59 Å². The van der Waals surface area contributed by atoms with Crippen LogP contribution in [0.1, 0.15) is 66.2 Å². The Morgan fingerprint density at radius 3 is 2.17 bits per heavy atom. The van der Waals surface area contributed by atoms with E-state index in [4.69, 9.17) is 9.47 Å². The van der Waals surface area contributed by atoms with Gasteiger partial charge in [0.25, 0.3) is 0 Å². The molecule has 3 fully saturated rings. The molecule has 23 heavy (non-hydrogen) atoms. The third-order valence-electron chi connectivity index (χ3n) is 7.26. The highest BCUT2D eigenvalue weighted by Crippen LogP contribution is 2.74. The largest absolute Gasteiger partial charge is 0.465 e. The second-order valence-corrected chi connectivity index (χ2v) is 8.36. The van der Waals surface area contributed by atoms with Crippen molar-refractivity contribution in [1.82, 2.24) is 0 Å². The van der Waals surface area contributed by atoms with Gasteiger partial charge in [-0.2, -0.15) is 0 Å². The molecule has 0 bridgehead atoms. The normalized spacial score (nSPS) is 40.5. The molecule has 3 rings (SSSR count). The van der Waals surface area contributed by atoms with Gasteiger partial charge in [-0.15, -0.1) is 0 Å². The van der Waals surface area contributed by atoms with Crippen LogP contribution >= 0.6 is 0 Å². The van der Waals surface area contributed by atoms with Crippen molar-refractivity contribution in [3.63, 3.8) is 0 Å². The van der Waals surface area contributed by atoms with Gasteiger partial charge in [0.05, 0.1) is 13.2 Å². The Morgan fingerprint density at radius 1 is 1.00 bits per heavy atom. The van der Waals surface area contributed by atoms with E-state index < -0.39 is 5.41 Å². The number of hydrogen-bond donors (Lipinski definition) is 0. The highest BCUT2D eigenvalue weighted by Gasteiger charge is 2.72. The Labute approximate surface area is 139 Å². The lowest BCUT2D eigenvalue weighted by molar-refractivity contribution is -0.173. The number of ether oxygens (including phenoxy) is 2. The van der Waals surface area contributed by atoms with E-state index in [0.29, 0.717) is 32.0 Å². The summed E-state index contributed by atoms with van der Waals surface area (Å²) in [6, 6.07) is 0. The van der Waals surface area contributed by atoms with Crippen LogP contribution < -0.4 is 0 Å². The van der Waals surface area contributed by atoms with Crippen molar-refractivity contribution in [3.05, 3.63) is 0 Å². The Balaban J connectivity index is 1.98. The van der Waals surface area contributed by atoms with Crippen molar-refractivity contribution in [1.29, 1.82) is 0 Å². The van der Waals surface area contributed by atoms with Gasteiger partial charge in [0.2, 0.25) is 0 Å². The highest BCUT2D eigenvalue weighted by molar-refractivity contribution is 6.00. The van der Waals surface area contributed by atoms with Gasteiger partial charge in [0.1, 0.15) is 0 Å². The van der Waals surface area contributed by atoms with Gasteiger partial charge in [-0.25, -0.2) is 0 Å². The van der Waals surface area contributed by atoms with Crippen molar-refractivity contribution in [2.24, 2.45) is 28.1 Å². The van der Waals surface area contributed by atoms with E-state index in [1.165, 1.54) is 19.3 Å². The minimum absolute atomic E-state index is 0.0300. The van der Waals surface area contributed by atoms with Crippen LogP contribution in [0.2, 0.25) is 0 Å². The van der Waals surface area contributed by atoms with Gasteiger partial charge in [0.15, 0.2) is 5.41 Å². The zero-order valence-electron chi connectivity index (χ0n) is 14.9. The van der Waals surface area contributed by atoms with Crippen LogP contribution in [-0.4, -0.2) is 25.2 Å². The molecule has 0 aliphatic heterocycles. The molecule has 0 heterocycles. The van der Waals surface area contributed by atoms with Gasteiger partial charge in [-0.1, -0.05) is 26.7 Å². The van der Waals surface area contributed by atoms with E-state index >= 15 is 0 Å². The fraction of sp³-hybridized carbons (Fsp3) is 0.895. The second-order valence-electron chi connectivity index (χ2n) is 8.36. The first kappa shape index (κ1) is 16.8. The predicted molar refractivity (Wildman–Crippen MR) is 86.6 cm³/mol. The van der Waals surface area contributed by atoms with E-state index in [9.17, 15) is 9.59 Å². The Kier molecular flexibility index (Phi) is 4.01. The quantitative estimate of drug-likeness (QED) is 0.584.